The molecule has 0 aromatic heterocycles. The fourth-order valence-corrected chi connectivity index (χ4v) is 5.89. The van der Waals surface area contributed by atoms with Gasteiger partial charge in [0.15, 0.2) is 0 Å². The molecule has 268 valence electrons. The molecule has 0 saturated carbocycles. The number of rotatable bonds is 18. The lowest BCUT2D eigenvalue weighted by molar-refractivity contribution is -0.140. The number of carbonyl (C=O) groups excluding carboxylic acids is 4. The normalized spacial score (nSPS) is 16.6. The average molecular weight is 681 g/mol. The molecule has 13 nitrogen and oxygen atoms in total. The number of carbonyl (C=O) groups is 4. The van der Waals surface area contributed by atoms with E-state index in [0.29, 0.717) is 25.8 Å². The maximum Gasteiger partial charge on any atom is 0.485 e. The Morgan fingerprint density at radius 1 is 0.796 bits per heavy atom. The smallest absolute Gasteiger partial charge is 0.425 e. The Morgan fingerprint density at radius 3 is 1.84 bits per heavy atom. The van der Waals surface area contributed by atoms with Crippen LogP contribution in [-0.2, 0) is 32.0 Å². The number of benzene rings is 2. The summed E-state index contributed by atoms with van der Waals surface area (Å²) >= 11 is 0. The molecular formula is C35H53BN6O7. The molecule has 10 N–H and O–H groups in total. The number of nitrogens with one attached hydrogen (secondary N) is 3. The molecule has 0 aliphatic carbocycles. The van der Waals surface area contributed by atoms with Crippen LogP contribution in [0, 0.1) is 5.92 Å². The van der Waals surface area contributed by atoms with E-state index in [1.165, 1.54) is 4.90 Å². The first kappa shape index (κ1) is 39.6. The van der Waals surface area contributed by atoms with Crippen molar-refractivity contribution >= 4 is 30.7 Å². The van der Waals surface area contributed by atoms with Crippen molar-refractivity contribution in [3.8, 4) is 0 Å². The number of piperidine rings is 1. The molecule has 1 saturated heterocycles. The van der Waals surface area contributed by atoms with Gasteiger partial charge in [0.2, 0.25) is 23.6 Å². The highest BCUT2D eigenvalue weighted by Crippen LogP contribution is 2.24. The third kappa shape index (κ3) is 12.5. The number of likely N-dealkylation sites (tertiary alicyclic amines) is 1. The standard InChI is InChI=1S/C35H53BN6O7/c1-24(2)21-29(32(44)39-28(15-9-10-18-37)34(46)42-19-16-35(47,17-20-42)36(48)49)41-33(45)30(23-26-13-7-4-8-14-26)40-31(43)27(38)22-25-11-5-3-6-12-25/h3-8,11-14,24,27-30,47-49H,9-10,15-23,37-38H2,1-2H3,(H,39,44)(H,40,43)(H,41,45)/t27-,28-,29-,30-/m1/s1. The van der Waals surface area contributed by atoms with Gasteiger partial charge >= 0.3 is 7.12 Å². The summed E-state index contributed by atoms with van der Waals surface area (Å²) in [6, 6.07) is 14.6. The van der Waals surface area contributed by atoms with Crippen molar-refractivity contribution in [1.82, 2.24) is 20.9 Å². The minimum atomic E-state index is -1.93. The van der Waals surface area contributed by atoms with Crippen LogP contribution in [0.3, 0.4) is 0 Å². The van der Waals surface area contributed by atoms with Gasteiger partial charge in [0, 0.05) is 19.5 Å². The highest BCUT2D eigenvalue weighted by atomic mass is 16.4. The quantitative estimate of drug-likeness (QED) is 0.0771. The Morgan fingerprint density at radius 2 is 1.31 bits per heavy atom. The van der Waals surface area contributed by atoms with Crippen LogP contribution in [0.25, 0.3) is 0 Å². The fraction of sp³-hybridized carbons (Fsp3) is 0.543. The topological polar surface area (TPSA) is 220 Å². The first-order valence-corrected chi connectivity index (χ1v) is 17.1. The Hall–Kier alpha value is -3.82. The van der Waals surface area contributed by atoms with Crippen molar-refractivity contribution < 1.29 is 34.3 Å². The number of hydrogen-bond donors (Lipinski definition) is 8. The van der Waals surface area contributed by atoms with E-state index in [-0.39, 0.29) is 57.0 Å². The molecule has 1 fully saturated rings. The molecule has 0 bridgehead atoms. The van der Waals surface area contributed by atoms with Gasteiger partial charge in [0.05, 0.1) is 6.04 Å². The first-order chi connectivity index (χ1) is 23.3. The van der Waals surface area contributed by atoms with E-state index >= 15 is 0 Å². The zero-order valence-corrected chi connectivity index (χ0v) is 28.6. The number of unbranched alkanes of at least 4 members (excludes halogenated alkanes) is 1. The molecule has 49 heavy (non-hydrogen) atoms. The molecule has 0 radical (unpaired) electrons. The Labute approximate surface area is 289 Å². The summed E-state index contributed by atoms with van der Waals surface area (Å²) in [4.78, 5) is 56.0. The van der Waals surface area contributed by atoms with Gasteiger partial charge in [0.1, 0.15) is 23.6 Å². The summed E-state index contributed by atoms with van der Waals surface area (Å²) in [7, 11) is -1.93. The third-order valence-corrected chi connectivity index (χ3v) is 8.87. The van der Waals surface area contributed by atoms with Gasteiger partial charge in [-0.15, -0.1) is 0 Å². The largest absolute Gasteiger partial charge is 0.485 e. The predicted octanol–water partition coefficient (Wildman–Crippen LogP) is -0.206. The van der Waals surface area contributed by atoms with Gasteiger partial charge in [0.25, 0.3) is 0 Å². The number of amides is 4. The Balaban J connectivity index is 1.76. The molecular weight excluding hydrogens is 627 g/mol. The number of aliphatic hydroxyl groups is 1. The van der Waals surface area contributed by atoms with Crippen LogP contribution in [0.4, 0.5) is 0 Å². The second-order valence-corrected chi connectivity index (χ2v) is 13.4. The van der Waals surface area contributed by atoms with Gasteiger partial charge in [-0.2, -0.15) is 0 Å². The minimum absolute atomic E-state index is 0.00594. The van der Waals surface area contributed by atoms with Gasteiger partial charge in [-0.25, -0.2) is 0 Å². The second-order valence-electron chi connectivity index (χ2n) is 13.4. The summed E-state index contributed by atoms with van der Waals surface area (Å²) in [5, 5.41) is 38.0. The van der Waals surface area contributed by atoms with Crippen molar-refractivity contribution in [1.29, 1.82) is 0 Å². The highest BCUT2D eigenvalue weighted by Gasteiger charge is 2.44. The van der Waals surface area contributed by atoms with Crippen molar-refractivity contribution in [3.63, 3.8) is 0 Å². The van der Waals surface area contributed by atoms with Gasteiger partial charge < -0.3 is 47.5 Å². The molecule has 4 amide bonds. The summed E-state index contributed by atoms with van der Waals surface area (Å²) in [5.74, 6) is -1.98. The van der Waals surface area contributed by atoms with Gasteiger partial charge in [-0.1, -0.05) is 74.5 Å². The van der Waals surface area contributed by atoms with E-state index in [9.17, 15) is 34.3 Å². The maximum atomic E-state index is 13.9. The molecule has 4 atom stereocenters. The summed E-state index contributed by atoms with van der Waals surface area (Å²) < 4.78 is 0. The lowest BCUT2D eigenvalue weighted by Crippen LogP contribution is -2.60. The third-order valence-electron chi connectivity index (χ3n) is 8.87. The monoisotopic (exact) mass is 680 g/mol. The number of nitrogens with two attached hydrogens (primary N) is 2. The molecule has 14 heteroatoms. The zero-order chi connectivity index (χ0) is 36.0. The molecule has 0 unspecified atom stereocenters. The van der Waals surface area contributed by atoms with E-state index < -0.39 is 54.5 Å². The average Bonchev–Trinajstić information content (AvgIpc) is 3.07. The van der Waals surface area contributed by atoms with Crippen LogP contribution >= 0.6 is 0 Å². The minimum Gasteiger partial charge on any atom is -0.425 e. The second kappa shape index (κ2) is 19.4. The molecule has 1 aliphatic rings. The van der Waals surface area contributed by atoms with Crippen molar-refractivity contribution in [2.75, 3.05) is 19.6 Å². The van der Waals surface area contributed by atoms with Crippen molar-refractivity contribution in [2.24, 2.45) is 17.4 Å². The van der Waals surface area contributed by atoms with Gasteiger partial charge in [-0.05, 0) is 68.5 Å². The van der Waals surface area contributed by atoms with E-state index in [2.05, 4.69) is 16.0 Å². The fourth-order valence-electron chi connectivity index (χ4n) is 5.89. The van der Waals surface area contributed by atoms with Crippen LogP contribution in [-0.4, -0.2) is 100 Å². The predicted molar refractivity (Wildman–Crippen MR) is 187 cm³/mol. The molecule has 0 spiro atoms. The Bertz CT molecular complexity index is 1340. The van der Waals surface area contributed by atoms with Crippen LogP contribution in [0.2, 0.25) is 0 Å². The van der Waals surface area contributed by atoms with E-state index in [4.69, 9.17) is 11.5 Å². The highest BCUT2D eigenvalue weighted by molar-refractivity contribution is 6.45. The van der Waals surface area contributed by atoms with Crippen LogP contribution in [0.1, 0.15) is 63.5 Å². The molecule has 1 heterocycles. The van der Waals surface area contributed by atoms with E-state index in [0.717, 1.165) is 11.1 Å². The van der Waals surface area contributed by atoms with Crippen molar-refractivity contribution in [3.05, 3.63) is 71.8 Å². The lowest BCUT2D eigenvalue weighted by atomic mass is 9.63. The molecule has 1 aliphatic heterocycles. The lowest BCUT2D eigenvalue weighted by Gasteiger charge is -2.39. The first-order valence-electron chi connectivity index (χ1n) is 17.1. The summed E-state index contributed by atoms with van der Waals surface area (Å²) in [5.41, 5.74) is 11.9. The number of nitrogens with zero attached hydrogens (tertiary/aromatic N) is 1. The van der Waals surface area contributed by atoms with E-state index in [1.54, 1.807) is 0 Å². The maximum absolute atomic E-state index is 13.9. The summed E-state index contributed by atoms with van der Waals surface area (Å²) in [6.45, 7) is 4.39. The van der Waals surface area contributed by atoms with Crippen LogP contribution < -0.4 is 27.4 Å². The van der Waals surface area contributed by atoms with Crippen molar-refractivity contribution in [2.45, 2.75) is 94.9 Å². The molecule has 3 rings (SSSR count). The Kier molecular flexibility index (Phi) is 15.7. The molecule has 2 aromatic carbocycles. The van der Waals surface area contributed by atoms with Crippen LogP contribution in [0.5, 0.6) is 0 Å². The number of hydrogen-bond acceptors (Lipinski definition) is 9. The zero-order valence-electron chi connectivity index (χ0n) is 28.6. The van der Waals surface area contributed by atoms with Gasteiger partial charge in [-0.3, -0.25) is 19.2 Å². The van der Waals surface area contributed by atoms with Crippen LogP contribution in [0.15, 0.2) is 60.7 Å². The SMILES string of the molecule is CC(C)C[C@@H](NC(=O)[C@@H](Cc1ccccc1)NC(=O)[C@H](N)Cc1ccccc1)C(=O)N[C@H](CCCCN)C(=O)N1CCC(O)(B(O)O)CC1. The van der Waals surface area contributed by atoms with E-state index in [1.807, 2.05) is 74.5 Å². The molecule has 2 aromatic rings. The summed E-state index contributed by atoms with van der Waals surface area (Å²) in [6.07, 6.45) is 2.15.